The molecule has 0 spiro atoms. The molecule has 3 rings (SSSR count). The molecule has 4 N–H and O–H groups in total. The van der Waals surface area contributed by atoms with Gasteiger partial charge in [-0.15, -0.1) is 0 Å². The van der Waals surface area contributed by atoms with Crippen molar-refractivity contribution in [2.45, 2.75) is 19.9 Å². The minimum Gasteiger partial charge on any atom is -0.383 e. The largest absolute Gasteiger partial charge is 0.383 e. The van der Waals surface area contributed by atoms with Gasteiger partial charge in [-0.1, -0.05) is 30.1 Å². The fourth-order valence-corrected chi connectivity index (χ4v) is 3.58. The number of carbonyl (C=O) groups is 1. The van der Waals surface area contributed by atoms with Crippen LogP contribution in [0, 0.1) is 0 Å². The topological polar surface area (TPSA) is 115 Å². The lowest BCUT2D eigenvalue weighted by Gasteiger charge is -2.14. The number of nitrogens with zero attached hydrogens (tertiary/aromatic N) is 3. The molecule has 0 radical (unpaired) electrons. The Bertz CT molecular complexity index is 1200. The number of aromatic nitrogens is 3. The van der Waals surface area contributed by atoms with Gasteiger partial charge in [-0.3, -0.25) is 19.1 Å². The first kappa shape index (κ1) is 23.6. The Hall–Kier alpha value is -3.08. The van der Waals surface area contributed by atoms with Crippen LogP contribution in [0.25, 0.3) is 5.69 Å². The van der Waals surface area contributed by atoms with Gasteiger partial charge in [-0.05, 0) is 30.3 Å². The monoisotopic (exact) mass is 482 g/mol. The first-order valence-electron chi connectivity index (χ1n) is 9.33. The highest BCUT2D eigenvalue weighted by atomic mass is 35.5. The lowest BCUT2D eigenvalue weighted by molar-refractivity contribution is 0.102. The van der Waals surface area contributed by atoms with Crippen LogP contribution in [-0.4, -0.2) is 27.0 Å². The highest BCUT2D eigenvalue weighted by Gasteiger charge is 2.22. The van der Waals surface area contributed by atoms with E-state index in [1.807, 2.05) is 6.92 Å². The van der Waals surface area contributed by atoms with Crippen LogP contribution in [0.2, 0.25) is 10.0 Å². The van der Waals surface area contributed by atoms with Crippen molar-refractivity contribution < 1.29 is 13.6 Å². The fraction of sp³-hybridized carbons (Fsp3) is 0.200. The minimum absolute atomic E-state index is 0.0985. The van der Waals surface area contributed by atoms with Crippen LogP contribution >= 0.6 is 23.2 Å². The van der Waals surface area contributed by atoms with Gasteiger partial charge >= 0.3 is 0 Å². The Balaban J connectivity index is 1.99. The molecular weight excluding hydrogens is 465 g/mol. The number of halogens is 4. The smallest absolute Gasteiger partial charge is 0.273 e. The quantitative estimate of drug-likeness (QED) is 0.471. The maximum Gasteiger partial charge on any atom is 0.273 e. The second-order valence-electron chi connectivity index (χ2n) is 6.63. The predicted molar refractivity (Wildman–Crippen MR) is 119 cm³/mol. The van der Waals surface area contributed by atoms with Gasteiger partial charge in [0.05, 0.1) is 27.6 Å². The molecule has 0 aliphatic rings. The second-order valence-corrected chi connectivity index (χ2v) is 7.44. The number of carbonyl (C=O) groups excluding carboxylic acids is 1. The summed E-state index contributed by atoms with van der Waals surface area (Å²) in [6.07, 6.45) is 1.26. The number of anilines is 2. The lowest BCUT2D eigenvalue weighted by Crippen LogP contribution is -2.31. The molecule has 0 bridgehead atoms. The summed E-state index contributed by atoms with van der Waals surface area (Å²) in [7, 11) is 0. The van der Waals surface area contributed by atoms with E-state index in [0.717, 1.165) is 35.1 Å². The second kappa shape index (κ2) is 10.0. The van der Waals surface area contributed by atoms with Gasteiger partial charge in [-0.2, -0.15) is 0 Å². The number of hydrogen-bond donors (Lipinski definition) is 3. The number of alkyl halides is 2. The molecule has 0 aliphatic heterocycles. The number of hydrogen-bond acceptors (Lipinski definition) is 6. The van der Waals surface area contributed by atoms with E-state index in [1.165, 1.54) is 6.20 Å². The van der Waals surface area contributed by atoms with Gasteiger partial charge in [0.25, 0.3) is 17.9 Å². The van der Waals surface area contributed by atoms with Gasteiger partial charge in [0.1, 0.15) is 17.7 Å². The van der Waals surface area contributed by atoms with Crippen molar-refractivity contribution in [3.63, 3.8) is 0 Å². The molecule has 0 unspecified atom stereocenters. The molecular formula is C20H18Cl2F2N6O2. The molecule has 0 saturated heterocycles. The molecule has 168 valence electrons. The normalized spacial score (nSPS) is 11.1. The third kappa shape index (κ3) is 5.04. The molecule has 3 aromatic rings. The van der Waals surface area contributed by atoms with E-state index in [0.29, 0.717) is 12.2 Å². The average molecular weight is 483 g/mol. The van der Waals surface area contributed by atoms with Crippen LogP contribution in [-0.2, 0) is 6.54 Å². The molecule has 0 saturated carbocycles. The third-order valence-corrected chi connectivity index (χ3v) is 4.97. The van der Waals surface area contributed by atoms with Crippen molar-refractivity contribution in [2.24, 2.45) is 0 Å². The standard InChI is InChI=1S/C20H18Cl2F2N6O2/c1-2-26-6-10-3-12(8-27-7-10)29-19(31)15-18(25)28-9-30(20(15)32)16-13(21)4-11(17(23)24)5-14(16)22/h3-5,7-9,17,26H,2,6,25H2,1H3,(H,29,31). The zero-order valence-electron chi connectivity index (χ0n) is 16.7. The number of pyridine rings is 1. The van der Waals surface area contributed by atoms with Crippen molar-refractivity contribution in [3.8, 4) is 5.69 Å². The van der Waals surface area contributed by atoms with E-state index in [1.54, 1.807) is 12.3 Å². The van der Waals surface area contributed by atoms with Gasteiger partial charge in [0, 0.05) is 18.3 Å². The third-order valence-electron chi connectivity index (χ3n) is 4.39. The van der Waals surface area contributed by atoms with Crippen LogP contribution in [0.5, 0.6) is 0 Å². The molecule has 32 heavy (non-hydrogen) atoms. The minimum atomic E-state index is -2.81. The molecule has 0 atom stereocenters. The molecule has 12 heteroatoms. The van der Waals surface area contributed by atoms with Gasteiger partial charge in [0.2, 0.25) is 0 Å². The number of nitrogen functional groups attached to an aromatic ring is 1. The summed E-state index contributed by atoms with van der Waals surface area (Å²) in [6, 6.07) is 3.66. The Morgan fingerprint density at radius 3 is 2.53 bits per heavy atom. The molecule has 0 aliphatic carbocycles. The van der Waals surface area contributed by atoms with Crippen LogP contribution in [0.15, 0.2) is 41.7 Å². The molecule has 2 aromatic heterocycles. The van der Waals surface area contributed by atoms with E-state index >= 15 is 0 Å². The zero-order valence-corrected chi connectivity index (χ0v) is 18.2. The zero-order chi connectivity index (χ0) is 23.4. The molecule has 2 heterocycles. The van der Waals surface area contributed by atoms with Gasteiger partial charge in [-0.25, -0.2) is 13.8 Å². The van der Waals surface area contributed by atoms with Crippen molar-refractivity contribution in [2.75, 3.05) is 17.6 Å². The van der Waals surface area contributed by atoms with E-state index < -0.39 is 29.0 Å². The van der Waals surface area contributed by atoms with E-state index in [4.69, 9.17) is 28.9 Å². The summed E-state index contributed by atoms with van der Waals surface area (Å²) in [5, 5.41) is 5.27. The average Bonchev–Trinajstić information content (AvgIpc) is 2.73. The molecule has 0 fully saturated rings. The van der Waals surface area contributed by atoms with E-state index in [-0.39, 0.29) is 21.6 Å². The highest BCUT2D eigenvalue weighted by Crippen LogP contribution is 2.33. The van der Waals surface area contributed by atoms with Crippen LogP contribution in [0.4, 0.5) is 20.3 Å². The van der Waals surface area contributed by atoms with E-state index in [2.05, 4.69) is 20.6 Å². The summed E-state index contributed by atoms with van der Waals surface area (Å²) < 4.78 is 26.9. The summed E-state index contributed by atoms with van der Waals surface area (Å²) in [6.45, 7) is 3.25. The number of amides is 1. The Morgan fingerprint density at radius 1 is 1.22 bits per heavy atom. The van der Waals surface area contributed by atoms with Crippen molar-refractivity contribution in [1.29, 1.82) is 0 Å². The maximum absolute atomic E-state index is 13.0. The van der Waals surface area contributed by atoms with E-state index in [9.17, 15) is 18.4 Å². The Kier molecular flexibility index (Phi) is 7.39. The Morgan fingerprint density at radius 2 is 1.91 bits per heavy atom. The molecule has 1 aromatic carbocycles. The van der Waals surface area contributed by atoms with Crippen LogP contribution in [0.1, 0.15) is 34.8 Å². The van der Waals surface area contributed by atoms with Gasteiger partial charge < -0.3 is 16.4 Å². The van der Waals surface area contributed by atoms with Gasteiger partial charge in [0.15, 0.2) is 0 Å². The summed E-state index contributed by atoms with van der Waals surface area (Å²) >= 11 is 12.2. The first-order chi connectivity index (χ1) is 15.2. The predicted octanol–water partition coefficient (Wildman–Crippen LogP) is 3.82. The highest BCUT2D eigenvalue weighted by molar-refractivity contribution is 6.37. The lowest BCUT2D eigenvalue weighted by atomic mass is 10.2. The van der Waals surface area contributed by atoms with Crippen molar-refractivity contribution in [3.05, 3.63) is 74.0 Å². The van der Waals surface area contributed by atoms with Crippen LogP contribution in [0.3, 0.4) is 0 Å². The number of nitrogens with one attached hydrogen (secondary N) is 2. The molecule has 8 nitrogen and oxygen atoms in total. The number of benzene rings is 1. The Labute approximate surface area is 191 Å². The number of nitrogens with two attached hydrogens (primary N) is 1. The SMILES string of the molecule is CCNCc1cncc(NC(=O)c2c(N)ncn(-c3c(Cl)cc(C(F)F)cc3Cl)c2=O)c1. The van der Waals surface area contributed by atoms with Crippen molar-refractivity contribution in [1.82, 2.24) is 19.9 Å². The number of rotatable bonds is 7. The first-order valence-corrected chi connectivity index (χ1v) is 10.1. The molecule has 1 amide bonds. The van der Waals surface area contributed by atoms with Crippen molar-refractivity contribution >= 4 is 40.6 Å². The fourth-order valence-electron chi connectivity index (χ4n) is 2.90. The maximum atomic E-state index is 13.0. The van der Waals surface area contributed by atoms with Crippen LogP contribution < -0.4 is 21.9 Å². The summed E-state index contributed by atoms with van der Waals surface area (Å²) in [5.41, 5.74) is 5.10. The summed E-state index contributed by atoms with van der Waals surface area (Å²) in [5.74, 6) is -1.15. The summed E-state index contributed by atoms with van der Waals surface area (Å²) in [4.78, 5) is 33.8.